The molecule has 14 heavy (non-hydrogen) atoms. The van der Waals surface area contributed by atoms with Gasteiger partial charge in [0.05, 0.1) is 24.1 Å². The summed E-state index contributed by atoms with van der Waals surface area (Å²) in [5.74, 6) is 0. The van der Waals surface area contributed by atoms with Gasteiger partial charge in [0, 0.05) is 6.07 Å². The standard InChI is InChI=1S/C9H9N2O2P/c1-10-6-9(14-13)7-4-2-3-5-8(7)11(10)12/h2-6,11H,1H3. The van der Waals surface area contributed by atoms with Crippen molar-refractivity contribution in [1.82, 2.24) is 5.01 Å². The van der Waals surface area contributed by atoms with Crippen molar-refractivity contribution in [3.63, 3.8) is 0 Å². The highest BCUT2D eigenvalue weighted by Gasteiger charge is 2.21. The molecule has 1 aromatic carbocycles. The molecule has 1 N–H and O–H groups in total. The van der Waals surface area contributed by atoms with Crippen molar-refractivity contribution < 1.29 is 9.74 Å². The molecular formula is C9H9N2O2P. The molecule has 1 unspecified atom stereocenters. The second kappa shape index (κ2) is 3.50. The molecule has 0 spiro atoms. The largest absolute Gasteiger partial charge is 0.603 e. The average Bonchev–Trinajstić information content (AvgIpc) is 2.23. The van der Waals surface area contributed by atoms with Crippen LogP contribution in [-0.2, 0) is 4.57 Å². The molecule has 72 valence electrons. The van der Waals surface area contributed by atoms with Crippen molar-refractivity contribution in [3.05, 3.63) is 41.2 Å². The van der Waals surface area contributed by atoms with E-state index in [1.54, 1.807) is 31.4 Å². The molecule has 0 saturated carbocycles. The third-order valence-electron chi connectivity index (χ3n) is 2.17. The maximum atomic E-state index is 11.7. The fourth-order valence-electron chi connectivity index (χ4n) is 1.47. The molecule has 1 aromatic rings. The summed E-state index contributed by atoms with van der Waals surface area (Å²) in [6.07, 6.45) is 1.60. The Morgan fingerprint density at radius 3 is 2.86 bits per heavy atom. The van der Waals surface area contributed by atoms with Crippen molar-refractivity contribution in [2.75, 3.05) is 7.05 Å². The highest BCUT2D eigenvalue weighted by atomic mass is 31.1. The molecule has 0 bridgehead atoms. The zero-order valence-electron chi connectivity index (χ0n) is 7.60. The van der Waals surface area contributed by atoms with E-state index < -0.39 is 0 Å². The Labute approximate surface area is 83.2 Å². The molecule has 1 heterocycles. The minimum atomic E-state index is -0.0620. The quantitative estimate of drug-likeness (QED) is 0.556. The van der Waals surface area contributed by atoms with Gasteiger partial charge in [0.15, 0.2) is 14.1 Å². The highest BCUT2D eigenvalue weighted by Crippen LogP contribution is 2.31. The Kier molecular flexibility index (Phi) is 2.33. The maximum absolute atomic E-state index is 11.7. The van der Waals surface area contributed by atoms with Crippen molar-refractivity contribution in [2.24, 2.45) is 0 Å². The zero-order valence-corrected chi connectivity index (χ0v) is 8.49. The van der Waals surface area contributed by atoms with Crippen molar-refractivity contribution in [2.45, 2.75) is 0 Å². The van der Waals surface area contributed by atoms with E-state index >= 15 is 0 Å². The first kappa shape index (κ1) is 9.34. The van der Waals surface area contributed by atoms with Gasteiger partial charge in [0.1, 0.15) is 0 Å². The molecule has 0 amide bonds. The molecular weight excluding hydrogens is 199 g/mol. The van der Waals surface area contributed by atoms with Gasteiger partial charge >= 0.3 is 0 Å². The summed E-state index contributed by atoms with van der Waals surface area (Å²) in [6.45, 7) is 0. The van der Waals surface area contributed by atoms with Crippen LogP contribution in [0, 0.1) is 5.21 Å². The third-order valence-corrected chi connectivity index (χ3v) is 2.72. The van der Waals surface area contributed by atoms with Gasteiger partial charge in [-0.05, 0) is 6.07 Å². The van der Waals surface area contributed by atoms with Gasteiger partial charge in [-0.25, -0.2) is 10.2 Å². The fraction of sp³-hybridized carbons (Fsp3) is 0.111. The SMILES string of the molecule is CN1C=C(P=O)c2ccccc2[NH+]1[O-]. The summed E-state index contributed by atoms with van der Waals surface area (Å²) in [5.41, 5.74) is 1.36. The number of benzene rings is 1. The first-order chi connectivity index (χ1) is 6.74. The molecule has 2 rings (SSSR count). The first-order valence-electron chi connectivity index (χ1n) is 4.16. The van der Waals surface area contributed by atoms with E-state index in [1.807, 2.05) is 6.07 Å². The number of fused-ring (bicyclic) bond motifs is 1. The Morgan fingerprint density at radius 2 is 2.14 bits per heavy atom. The van der Waals surface area contributed by atoms with Crippen LogP contribution in [0.4, 0.5) is 5.69 Å². The molecule has 5 heteroatoms. The molecule has 1 aliphatic rings. The van der Waals surface area contributed by atoms with Gasteiger partial charge in [-0.15, -0.1) is 0 Å². The molecule has 0 saturated heterocycles. The summed E-state index contributed by atoms with van der Waals surface area (Å²) in [4.78, 5) is 0. The van der Waals surface area contributed by atoms with E-state index in [9.17, 15) is 9.77 Å². The van der Waals surface area contributed by atoms with Crippen LogP contribution >= 0.6 is 8.46 Å². The number of rotatable bonds is 1. The maximum Gasteiger partial charge on any atom is 0.194 e. The molecule has 0 fully saturated rings. The molecule has 0 radical (unpaired) electrons. The number of nitrogens with zero attached hydrogens (tertiary/aromatic N) is 1. The summed E-state index contributed by atoms with van der Waals surface area (Å²) in [6, 6.07) is 7.18. The van der Waals surface area contributed by atoms with Crippen LogP contribution in [-0.4, -0.2) is 12.1 Å². The van der Waals surface area contributed by atoms with Crippen molar-refractivity contribution >= 4 is 19.5 Å². The van der Waals surface area contributed by atoms with E-state index in [0.717, 1.165) is 5.56 Å². The van der Waals surface area contributed by atoms with Gasteiger partial charge in [-0.1, -0.05) is 12.1 Å². The second-order valence-corrected chi connectivity index (χ2v) is 3.73. The van der Waals surface area contributed by atoms with Gasteiger partial charge in [0.25, 0.3) is 0 Å². The van der Waals surface area contributed by atoms with Gasteiger partial charge in [-0.3, -0.25) is 4.57 Å². The molecule has 0 aromatic heterocycles. The summed E-state index contributed by atoms with van der Waals surface area (Å²) < 4.78 is 10.9. The van der Waals surface area contributed by atoms with E-state index in [2.05, 4.69) is 0 Å². The number of quaternary nitrogens is 1. The van der Waals surface area contributed by atoms with Gasteiger partial charge in [-0.2, -0.15) is 0 Å². The molecule has 1 aliphatic heterocycles. The highest BCUT2D eigenvalue weighted by molar-refractivity contribution is 7.37. The topological polar surface area (TPSA) is 47.8 Å². The van der Waals surface area contributed by atoms with Crippen LogP contribution in [0.2, 0.25) is 0 Å². The average molecular weight is 208 g/mol. The lowest BCUT2D eigenvalue weighted by Crippen LogP contribution is -3.08. The third kappa shape index (κ3) is 1.34. The number of hydrogen-bond acceptors (Lipinski definition) is 3. The normalized spacial score (nSPS) is 20.6. The van der Waals surface area contributed by atoms with E-state index in [1.165, 1.54) is 5.01 Å². The second-order valence-electron chi connectivity index (χ2n) is 3.07. The smallest absolute Gasteiger partial charge is 0.194 e. The number of hydrogen-bond donors (Lipinski definition) is 1. The molecule has 1 atom stereocenters. The van der Waals surface area contributed by atoms with Crippen molar-refractivity contribution in [3.8, 4) is 0 Å². The van der Waals surface area contributed by atoms with Crippen LogP contribution < -0.4 is 5.17 Å². The predicted octanol–water partition coefficient (Wildman–Crippen LogP) is 1.15. The lowest BCUT2D eigenvalue weighted by Gasteiger charge is -2.33. The number of nitrogens with one attached hydrogen (secondary N) is 1. The fourth-order valence-corrected chi connectivity index (χ4v) is 1.98. The Bertz CT molecular complexity index is 406. The van der Waals surface area contributed by atoms with E-state index in [4.69, 9.17) is 0 Å². The summed E-state index contributed by atoms with van der Waals surface area (Å²) in [5, 5.41) is 13.7. The molecule has 0 aliphatic carbocycles. The van der Waals surface area contributed by atoms with E-state index in [-0.39, 0.29) is 13.6 Å². The van der Waals surface area contributed by atoms with Gasteiger partial charge < -0.3 is 5.21 Å². The monoisotopic (exact) mass is 208 g/mol. The van der Waals surface area contributed by atoms with Gasteiger partial charge in [0.2, 0.25) is 0 Å². The zero-order chi connectivity index (χ0) is 10.1. The Morgan fingerprint density at radius 1 is 1.43 bits per heavy atom. The minimum absolute atomic E-state index is 0.0608. The van der Waals surface area contributed by atoms with Crippen LogP contribution in [0.25, 0.3) is 5.31 Å². The van der Waals surface area contributed by atoms with Crippen LogP contribution in [0.15, 0.2) is 30.5 Å². The van der Waals surface area contributed by atoms with Crippen LogP contribution in [0.5, 0.6) is 0 Å². The van der Waals surface area contributed by atoms with Crippen molar-refractivity contribution in [1.29, 1.82) is 0 Å². The summed E-state index contributed by atoms with van der Waals surface area (Å²) in [7, 11) is 1.60. The minimum Gasteiger partial charge on any atom is -0.603 e. The molecule has 4 nitrogen and oxygen atoms in total. The lowest BCUT2D eigenvalue weighted by molar-refractivity contribution is -0.899. The van der Waals surface area contributed by atoms with Crippen LogP contribution in [0.3, 0.4) is 0 Å². The van der Waals surface area contributed by atoms with Crippen LogP contribution in [0.1, 0.15) is 5.56 Å². The predicted molar refractivity (Wildman–Crippen MR) is 53.8 cm³/mol. The summed E-state index contributed by atoms with van der Waals surface area (Å²) >= 11 is 0. The Hall–Kier alpha value is -1.22. The Balaban J connectivity index is 2.60. The lowest BCUT2D eigenvalue weighted by atomic mass is 10.1. The first-order valence-corrected chi connectivity index (χ1v) is 4.97. The van der Waals surface area contributed by atoms with E-state index in [0.29, 0.717) is 11.0 Å².